The summed E-state index contributed by atoms with van der Waals surface area (Å²) in [5.74, 6) is 0.731. The van der Waals surface area contributed by atoms with Crippen molar-refractivity contribution in [3.8, 4) is 39.5 Å². The van der Waals surface area contributed by atoms with Crippen molar-refractivity contribution in [1.82, 2.24) is 0 Å². The van der Waals surface area contributed by atoms with Gasteiger partial charge < -0.3 is 15.3 Å². The van der Waals surface area contributed by atoms with Crippen molar-refractivity contribution in [2.24, 2.45) is 0 Å². The average Bonchev–Trinajstić information content (AvgIpc) is 2.54. The average molecular weight is 334 g/mol. The largest absolute Gasteiger partial charge is 0.508 e. The summed E-state index contributed by atoms with van der Waals surface area (Å²) in [5.41, 5.74) is 7.33. The number of benzene rings is 3. The molecule has 0 heterocycles. The van der Waals surface area contributed by atoms with Crippen molar-refractivity contribution >= 4 is 0 Å². The lowest BCUT2D eigenvalue weighted by Gasteiger charge is -2.17. The number of hydrogen-bond donors (Lipinski definition) is 3. The molecule has 3 rings (SSSR count). The molecule has 0 amide bonds. The van der Waals surface area contributed by atoms with E-state index in [9.17, 15) is 15.3 Å². The Kier molecular flexibility index (Phi) is 4.17. The molecule has 0 aliphatic heterocycles. The van der Waals surface area contributed by atoms with Crippen molar-refractivity contribution in [3.63, 3.8) is 0 Å². The summed E-state index contributed by atoms with van der Waals surface area (Å²) < 4.78 is 0. The maximum absolute atomic E-state index is 10.0. The SMILES string of the molecule is Cc1cc(-c2ccc(O)cc2-c2cc(C)c(O)cc2C)c(C)cc1O. The second kappa shape index (κ2) is 6.17. The molecule has 3 heteroatoms. The summed E-state index contributed by atoms with van der Waals surface area (Å²) in [6, 6.07) is 12.7. The molecule has 3 N–H and O–H groups in total. The first kappa shape index (κ1) is 16.9. The highest BCUT2D eigenvalue weighted by Crippen LogP contribution is 2.40. The smallest absolute Gasteiger partial charge is 0.118 e. The fraction of sp³-hybridized carbons (Fsp3) is 0.182. The normalized spacial score (nSPS) is 10.9. The van der Waals surface area contributed by atoms with Crippen LogP contribution in [0.1, 0.15) is 22.3 Å². The first-order chi connectivity index (χ1) is 11.8. The van der Waals surface area contributed by atoms with E-state index in [1.54, 1.807) is 24.3 Å². The Bertz CT molecular complexity index is 971. The molecule has 0 fully saturated rings. The molecule has 128 valence electrons. The fourth-order valence-electron chi connectivity index (χ4n) is 3.17. The zero-order valence-corrected chi connectivity index (χ0v) is 14.9. The number of rotatable bonds is 2. The third kappa shape index (κ3) is 3.05. The first-order valence-corrected chi connectivity index (χ1v) is 8.22. The Morgan fingerprint density at radius 1 is 0.480 bits per heavy atom. The van der Waals surface area contributed by atoms with Gasteiger partial charge in [-0.1, -0.05) is 6.07 Å². The van der Waals surface area contributed by atoms with Crippen LogP contribution in [0.2, 0.25) is 0 Å². The highest BCUT2D eigenvalue weighted by atomic mass is 16.3. The molecule has 0 bridgehead atoms. The molecule has 0 aliphatic rings. The number of aryl methyl sites for hydroxylation is 4. The van der Waals surface area contributed by atoms with E-state index in [4.69, 9.17) is 0 Å². The molecule has 3 nitrogen and oxygen atoms in total. The van der Waals surface area contributed by atoms with Gasteiger partial charge in [-0.3, -0.25) is 0 Å². The molecule has 0 atom stereocenters. The number of phenolic OH excluding ortho intramolecular Hbond substituents is 3. The number of aromatic hydroxyl groups is 3. The predicted molar refractivity (Wildman–Crippen MR) is 101 cm³/mol. The van der Waals surface area contributed by atoms with E-state index in [2.05, 4.69) is 0 Å². The molecule has 0 spiro atoms. The topological polar surface area (TPSA) is 60.7 Å². The lowest BCUT2D eigenvalue weighted by atomic mass is 9.88. The highest BCUT2D eigenvalue weighted by molar-refractivity contribution is 5.87. The lowest BCUT2D eigenvalue weighted by Crippen LogP contribution is -1.92. The summed E-state index contributed by atoms with van der Waals surface area (Å²) in [4.78, 5) is 0. The Morgan fingerprint density at radius 3 is 1.48 bits per heavy atom. The van der Waals surface area contributed by atoms with Crippen LogP contribution >= 0.6 is 0 Å². The summed E-state index contributed by atoms with van der Waals surface area (Å²) >= 11 is 0. The van der Waals surface area contributed by atoms with E-state index < -0.39 is 0 Å². The van der Waals surface area contributed by atoms with Gasteiger partial charge in [-0.2, -0.15) is 0 Å². The van der Waals surface area contributed by atoms with Gasteiger partial charge in [-0.25, -0.2) is 0 Å². The van der Waals surface area contributed by atoms with Crippen molar-refractivity contribution in [3.05, 3.63) is 64.7 Å². The minimum absolute atomic E-state index is 0.192. The van der Waals surface area contributed by atoms with E-state index >= 15 is 0 Å². The van der Waals surface area contributed by atoms with E-state index in [1.165, 1.54) is 0 Å². The minimum Gasteiger partial charge on any atom is -0.508 e. The van der Waals surface area contributed by atoms with Crippen LogP contribution in [0.3, 0.4) is 0 Å². The summed E-state index contributed by atoms with van der Waals surface area (Å²) in [6.45, 7) is 7.63. The van der Waals surface area contributed by atoms with Crippen LogP contribution in [0.25, 0.3) is 22.3 Å². The van der Waals surface area contributed by atoms with Crippen molar-refractivity contribution in [2.75, 3.05) is 0 Å². The maximum Gasteiger partial charge on any atom is 0.118 e. The monoisotopic (exact) mass is 334 g/mol. The second-order valence-corrected chi connectivity index (χ2v) is 6.64. The Labute approximate surface area is 147 Å². The molecule has 0 aliphatic carbocycles. The van der Waals surface area contributed by atoms with Crippen LogP contribution in [-0.4, -0.2) is 15.3 Å². The second-order valence-electron chi connectivity index (χ2n) is 6.64. The van der Waals surface area contributed by atoms with Crippen LogP contribution in [0, 0.1) is 27.7 Å². The highest BCUT2D eigenvalue weighted by Gasteiger charge is 2.15. The standard InChI is InChI=1S/C22H22O3/c1-12-9-21(24)14(3)7-18(12)17-6-5-16(23)11-20(17)19-8-15(4)22(25)10-13(19)2/h5-11,23-25H,1-4H3. The summed E-state index contributed by atoms with van der Waals surface area (Å²) in [5, 5.41) is 29.9. The van der Waals surface area contributed by atoms with E-state index in [0.29, 0.717) is 0 Å². The molecule has 0 unspecified atom stereocenters. The van der Waals surface area contributed by atoms with Gasteiger partial charge in [0.15, 0.2) is 0 Å². The molecule has 0 saturated heterocycles. The van der Waals surface area contributed by atoms with Gasteiger partial charge in [-0.05, 0) is 109 Å². The zero-order valence-electron chi connectivity index (χ0n) is 14.9. The van der Waals surface area contributed by atoms with E-state index in [0.717, 1.165) is 44.5 Å². The summed E-state index contributed by atoms with van der Waals surface area (Å²) in [7, 11) is 0. The first-order valence-electron chi connectivity index (χ1n) is 8.22. The quantitative estimate of drug-likeness (QED) is 0.590. The van der Waals surface area contributed by atoms with E-state index in [1.807, 2.05) is 45.9 Å². The lowest BCUT2D eigenvalue weighted by molar-refractivity contribution is 0.470. The third-order valence-electron chi connectivity index (χ3n) is 4.67. The fourth-order valence-corrected chi connectivity index (χ4v) is 3.17. The summed E-state index contributed by atoms with van der Waals surface area (Å²) in [6.07, 6.45) is 0. The van der Waals surface area contributed by atoms with Crippen LogP contribution in [-0.2, 0) is 0 Å². The maximum atomic E-state index is 10.0. The van der Waals surface area contributed by atoms with Crippen LogP contribution < -0.4 is 0 Å². The minimum atomic E-state index is 0.192. The van der Waals surface area contributed by atoms with Gasteiger partial charge in [0.2, 0.25) is 0 Å². The van der Waals surface area contributed by atoms with Crippen LogP contribution in [0.5, 0.6) is 17.2 Å². The molecule has 0 radical (unpaired) electrons. The van der Waals surface area contributed by atoms with Crippen molar-refractivity contribution in [2.45, 2.75) is 27.7 Å². The van der Waals surface area contributed by atoms with E-state index in [-0.39, 0.29) is 17.2 Å². The zero-order chi connectivity index (χ0) is 18.3. The van der Waals surface area contributed by atoms with Gasteiger partial charge in [-0.15, -0.1) is 0 Å². The van der Waals surface area contributed by atoms with Crippen LogP contribution in [0.4, 0.5) is 0 Å². The Morgan fingerprint density at radius 2 is 0.960 bits per heavy atom. The molecule has 0 aromatic heterocycles. The van der Waals surface area contributed by atoms with Gasteiger partial charge in [0.05, 0.1) is 0 Å². The molecule has 0 saturated carbocycles. The van der Waals surface area contributed by atoms with Gasteiger partial charge in [0.1, 0.15) is 17.2 Å². The molecule has 3 aromatic carbocycles. The van der Waals surface area contributed by atoms with Crippen molar-refractivity contribution in [1.29, 1.82) is 0 Å². The molecular weight excluding hydrogens is 312 g/mol. The van der Waals surface area contributed by atoms with Gasteiger partial charge in [0, 0.05) is 0 Å². The van der Waals surface area contributed by atoms with Gasteiger partial charge in [0.25, 0.3) is 0 Å². The number of phenols is 3. The number of hydrogen-bond acceptors (Lipinski definition) is 3. The Hall–Kier alpha value is -2.94. The van der Waals surface area contributed by atoms with Gasteiger partial charge >= 0.3 is 0 Å². The predicted octanol–water partition coefficient (Wildman–Crippen LogP) is 5.37. The third-order valence-corrected chi connectivity index (χ3v) is 4.67. The Balaban J connectivity index is 2.32. The van der Waals surface area contributed by atoms with Crippen LogP contribution in [0.15, 0.2) is 42.5 Å². The molecular formula is C22H22O3. The van der Waals surface area contributed by atoms with Crippen molar-refractivity contribution < 1.29 is 15.3 Å². The molecule has 25 heavy (non-hydrogen) atoms. The molecule has 3 aromatic rings.